The minimum atomic E-state index is -1.84. The van der Waals surface area contributed by atoms with E-state index in [-0.39, 0.29) is 58.2 Å². The molecule has 2 fully saturated rings. The van der Waals surface area contributed by atoms with E-state index in [9.17, 15) is 9.90 Å². The fraction of sp³-hybridized carbons (Fsp3) is 0.971. The summed E-state index contributed by atoms with van der Waals surface area (Å²) < 4.78 is 36.7. The largest absolute Gasteiger partial charge is 0.414 e. The summed E-state index contributed by atoms with van der Waals surface area (Å²) in [4.78, 5) is 12.0. The lowest BCUT2D eigenvalue weighted by molar-refractivity contribution is -0.155. The molecule has 0 aromatic carbocycles. The molecule has 0 aromatic rings. The molecule has 0 amide bonds. The van der Waals surface area contributed by atoms with Crippen molar-refractivity contribution in [2.45, 2.75) is 188 Å². The molecule has 2 aliphatic rings. The van der Waals surface area contributed by atoms with E-state index in [4.69, 9.17) is 27.8 Å². The van der Waals surface area contributed by atoms with Gasteiger partial charge in [0.15, 0.2) is 28.2 Å². The number of aliphatic hydroxyl groups excluding tert-OH is 1. The third-order valence-electron chi connectivity index (χ3n) is 10.2. The average molecular weight is 663 g/mol. The Kier molecular flexibility index (Phi) is 14.6. The van der Waals surface area contributed by atoms with Gasteiger partial charge in [-0.25, -0.2) is 0 Å². The van der Waals surface area contributed by atoms with E-state index < -0.39 is 28.2 Å². The van der Waals surface area contributed by atoms with Crippen molar-refractivity contribution in [2.24, 2.45) is 11.8 Å². The van der Waals surface area contributed by atoms with Crippen LogP contribution in [0.15, 0.2) is 0 Å². The molecule has 0 radical (unpaired) electrons. The van der Waals surface area contributed by atoms with E-state index in [1.54, 1.807) is 0 Å². The summed E-state index contributed by atoms with van der Waals surface area (Å²) in [5.41, 5.74) is 0. The molecule has 1 unspecified atom stereocenters. The predicted octanol–water partition coefficient (Wildman–Crippen LogP) is 8.08. The summed E-state index contributed by atoms with van der Waals surface area (Å²) in [7, 11) is -3.66. The Labute approximate surface area is 272 Å². The van der Waals surface area contributed by atoms with Crippen LogP contribution in [0.3, 0.4) is 0 Å². The first-order valence-electron chi connectivity index (χ1n) is 16.8. The van der Waals surface area contributed by atoms with Gasteiger partial charge < -0.3 is 32.9 Å². The van der Waals surface area contributed by atoms with Crippen LogP contribution in [0.1, 0.15) is 110 Å². The maximum atomic E-state index is 12.0. The molecule has 0 saturated carbocycles. The molecule has 10 heteroatoms. The standard InChI is InChI=1S/C17H36O4Si.C17H34O4Si/c2*1-10-13(18)12(2)15-14(20-17(6,7)21-15)11-19-22(8,9)16(3,4)5/h12-15,18H,10-11H2,1-9H3;12,14-15H,10-11H2,1-9H3/t12-,13?,14-,15+;12-,14-,15+/m00/s1. The number of aliphatic hydroxyl groups is 1. The van der Waals surface area contributed by atoms with Gasteiger partial charge in [-0.2, -0.15) is 0 Å². The number of ketones is 1. The van der Waals surface area contributed by atoms with Crippen molar-refractivity contribution in [1.29, 1.82) is 0 Å². The van der Waals surface area contributed by atoms with Crippen LogP contribution < -0.4 is 0 Å². The fourth-order valence-electron chi connectivity index (χ4n) is 4.96. The molecular formula is C34H70O8Si2. The van der Waals surface area contributed by atoms with Crippen molar-refractivity contribution in [1.82, 2.24) is 0 Å². The van der Waals surface area contributed by atoms with Crippen LogP contribution in [0, 0.1) is 11.8 Å². The second-order valence-corrected chi connectivity index (χ2v) is 26.5. The van der Waals surface area contributed by atoms with E-state index in [2.05, 4.69) is 67.7 Å². The molecule has 0 bridgehead atoms. The summed E-state index contributed by atoms with van der Waals surface area (Å²) in [5, 5.41) is 10.5. The predicted molar refractivity (Wildman–Crippen MR) is 184 cm³/mol. The Bertz CT molecular complexity index is 906. The maximum absolute atomic E-state index is 12.0. The van der Waals surface area contributed by atoms with Gasteiger partial charge >= 0.3 is 0 Å². The van der Waals surface area contributed by atoms with E-state index in [1.807, 2.05) is 55.4 Å². The zero-order valence-electron chi connectivity index (χ0n) is 31.7. The molecule has 2 saturated heterocycles. The Morgan fingerprint density at radius 3 is 1.45 bits per heavy atom. The number of hydrogen-bond donors (Lipinski definition) is 1. The summed E-state index contributed by atoms with van der Waals surface area (Å²) in [6, 6.07) is 0. The first-order chi connectivity index (χ1) is 19.6. The van der Waals surface area contributed by atoms with Crippen LogP contribution in [0.2, 0.25) is 36.3 Å². The molecule has 0 aromatic heterocycles. The minimum Gasteiger partial charge on any atom is -0.414 e. The third kappa shape index (κ3) is 11.5. The number of Topliss-reactive ketones (excluding diaryl/α,β-unsaturated/α-hetero) is 1. The molecule has 0 aliphatic carbocycles. The highest BCUT2D eigenvalue weighted by molar-refractivity contribution is 6.74. The van der Waals surface area contributed by atoms with Gasteiger partial charge in [0.25, 0.3) is 0 Å². The molecule has 1 N–H and O–H groups in total. The van der Waals surface area contributed by atoms with Gasteiger partial charge in [0.2, 0.25) is 0 Å². The third-order valence-corrected chi connectivity index (χ3v) is 19.2. The van der Waals surface area contributed by atoms with Gasteiger partial charge in [0.05, 0.1) is 31.5 Å². The Hall–Kier alpha value is -0.176. The molecule has 2 heterocycles. The van der Waals surface area contributed by atoms with E-state index in [0.29, 0.717) is 19.6 Å². The van der Waals surface area contributed by atoms with Gasteiger partial charge in [-0.15, -0.1) is 0 Å². The van der Waals surface area contributed by atoms with Gasteiger partial charge in [-0.05, 0) is 70.4 Å². The lowest BCUT2D eigenvalue weighted by atomic mass is 9.93. The van der Waals surface area contributed by atoms with Crippen molar-refractivity contribution in [3.05, 3.63) is 0 Å². The summed E-state index contributed by atoms with van der Waals surface area (Å²) in [5.74, 6) is -1.20. The molecule has 2 rings (SSSR count). The number of carbonyl (C=O) groups excluding carboxylic acids is 1. The SMILES string of the molecule is CCC(=O)[C@H](C)[C@H]1OC(C)(C)O[C@H]1CO[Si](C)(C)C(C)(C)C.CCC(O)[C@H](C)[C@H]1OC(C)(C)O[C@H]1CO[Si](C)(C)C(C)(C)C. The van der Waals surface area contributed by atoms with Crippen molar-refractivity contribution < 1.29 is 37.7 Å². The summed E-state index contributed by atoms with van der Waals surface area (Å²) in [6.45, 7) is 38.8. The summed E-state index contributed by atoms with van der Waals surface area (Å²) in [6.07, 6.45) is 0.198. The number of ether oxygens (including phenoxy) is 4. The monoisotopic (exact) mass is 662 g/mol. The molecule has 8 nitrogen and oxygen atoms in total. The zero-order valence-corrected chi connectivity index (χ0v) is 33.7. The second kappa shape index (κ2) is 15.4. The zero-order chi connectivity index (χ0) is 34.7. The van der Waals surface area contributed by atoms with Crippen LogP contribution in [0.25, 0.3) is 0 Å². The fourth-order valence-corrected chi connectivity index (χ4v) is 6.99. The number of carbonyl (C=O) groups is 1. The van der Waals surface area contributed by atoms with Gasteiger partial charge in [-0.3, -0.25) is 4.79 Å². The normalized spacial score (nSPS) is 27.8. The van der Waals surface area contributed by atoms with Crippen molar-refractivity contribution in [3.8, 4) is 0 Å². The van der Waals surface area contributed by atoms with E-state index in [1.165, 1.54) is 0 Å². The second-order valence-electron chi connectivity index (χ2n) is 16.9. The maximum Gasteiger partial charge on any atom is 0.192 e. The van der Waals surface area contributed by atoms with E-state index in [0.717, 1.165) is 6.42 Å². The first kappa shape index (κ1) is 41.8. The quantitative estimate of drug-likeness (QED) is 0.210. The molecule has 7 atom stereocenters. The van der Waals surface area contributed by atoms with Crippen LogP contribution in [0.5, 0.6) is 0 Å². The highest BCUT2D eigenvalue weighted by atomic mass is 28.4. The lowest BCUT2D eigenvalue weighted by Crippen LogP contribution is -2.45. The number of hydrogen-bond acceptors (Lipinski definition) is 8. The Morgan fingerprint density at radius 1 is 0.750 bits per heavy atom. The Morgan fingerprint density at radius 2 is 1.11 bits per heavy atom. The topological polar surface area (TPSA) is 92.7 Å². The van der Waals surface area contributed by atoms with Gasteiger partial charge in [0.1, 0.15) is 18.0 Å². The van der Waals surface area contributed by atoms with Gasteiger partial charge in [-0.1, -0.05) is 69.2 Å². The first-order valence-corrected chi connectivity index (χ1v) is 22.6. The number of rotatable bonds is 12. The van der Waals surface area contributed by atoms with Crippen molar-refractivity contribution in [3.63, 3.8) is 0 Å². The van der Waals surface area contributed by atoms with Gasteiger partial charge in [0, 0.05) is 18.3 Å². The smallest absolute Gasteiger partial charge is 0.192 e. The highest BCUT2D eigenvalue weighted by Crippen LogP contribution is 2.40. The van der Waals surface area contributed by atoms with Crippen LogP contribution in [-0.4, -0.2) is 82.8 Å². The molecule has 44 heavy (non-hydrogen) atoms. The van der Waals surface area contributed by atoms with E-state index >= 15 is 0 Å². The van der Waals surface area contributed by atoms with Crippen LogP contribution in [-0.2, 0) is 32.6 Å². The average Bonchev–Trinajstić information content (AvgIpc) is 3.37. The molecule has 0 spiro atoms. The van der Waals surface area contributed by atoms with Crippen molar-refractivity contribution in [2.75, 3.05) is 13.2 Å². The minimum absolute atomic E-state index is 0.0276. The molecule has 2 aliphatic heterocycles. The molecule has 262 valence electrons. The molecular weight excluding hydrogens is 593 g/mol. The van der Waals surface area contributed by atoms with Crippen LogP contribution >= 0.6 is 0 Å². The summed E-state index contributed by atoms with van der Waals surface area (Å²) >= 11 is 0. The highest BCUT2D eigenvalue weighted by Gasteiger charge is 2.48. The van der Waals surface area contributed by atoms with Crippen LogP contribution in [0.4, 0.5) is 0 Å². The van der Waals surface area contributed by atoms with Crippen molar-refractivity contribution >= 4 is 22.4 Å². The Balaban J connectivity index is 0.000000440. The lowest BCUT2D eigenvalue weighted by Gasteiger charge is -2.37.